The van der Waals surface area contributed by atoms with E-state index >= 15 is 0 Å². The first-order valence-electron chi connectivity index (χ1n) is 7.06. The Bertz CT molecular complexity index is 937. The van der Waals surface area contributed by atoms with Gasteiger partial charge in [-0.3, -0.25) is 4.98 Å². The molecule has 0 unspecified atom stereocenters. The van der Waals surface area contributed by atoms with Crippen molar-refractivity contribution in [3.05, 3.63) is 66.4 Å². The van der Waals surface area contributed by atoms with E-state index in [-0.39, 0.29) is 0 Å². The van der Waals surface area contributed by atoms with Crippen molar-refractivity contribution in [2.75, 3.05) is 0 Å². The number of pyridine rings is 1. The fraction of sp³-hybridized carbons (Fsp3) is 0.0556. The van der Waals surface area contributed by atoms with Crippen LogP contribution in [0.25, 0.3) is 32.0 Å². The maximum Gasteiger partial charge on any atom is 0.148 e. The van der Waals surface area contributed by atoms with Crippen molar-refractivity contribution in [1.29, 1.82) is 0 Å². The van der Waals surface area contributed by atoms with E-state index < -0.39 is 0 Å². The number of hydrogen-bond acceptors (Lipinski definition) is 4. The van der Waals surface area contributed by atoms with E-state index in [0.29, 0.717) is 0 Å². The van der Waals surface area contributed by atoms with Crippen LogP contribution in [0.1, 0.15) is 5.56 Å². The minimum atomic E-state index is 0.925. The Kier molecular flexibility index (Phi) is 3.16. The van der Waals surface area contributed by atoms with Gasteiger partial charge in [-0.15, -0.1) is 10.2 Å². The molecule has 4 rings (SSSR count). The van der Waals surface area contributed by atoms with Crippen molar-refractivity contribution in [1.82, 2.24) is 15.2 Å². The molecule has 22 heavy (non-hydrogen) atoms. The number of rotatable bonds is 2. The summed E-state index contributed by atoms with van der Waals surface area (Å²) >= 11 is 1.61. The van der Waals surface area contributed by atoms with Crippen LogP contribution < -0.4 is 0 Å². The molecule has 0 saturated carbocycles. The number of aryl methyl sites for hydroxylation is 1. The van der Waals surface area contributed by atoms with Gasteiger partial charge in [0.05, 0.1) is 5.52 Å². The fourth-order valence-electron chi connectivity index (χ4n) is 2.43. The third-order valence-electron chi connectivity index (χ3n) is 3.60. The van der Waals surface area contributed by atoms with E-state index in [1.807, 2.05) is 24.4 Å². The quantitative estimate of drug-likeness (QED) is 0.537. The topological polar surface area (TPSA) is 38.7 Å². The van der Waals surface area contributed by atoms with E-state index in [9.17, 15) is 0 Å². The molecule has 0 atom stereocenters. The summed E-state index contributed by atoms with van der Waals surface area (Å²) in [5.41, 5.74) is 4.41. The number of hydrogen-bond donors (Lipinski definition) is 0. The van der Waals surface area contributed by atoms with E-state index in [4.69, 9.17) is 0 Å². The highest BCUT2D eigenvalue weighted by atomic mass is 32.1. The Labute approximate surface area is 132 Å². The second-order valence-electron chi connectivity index (χ2n) is 5.15. The molecule has 2 aromatic carbocycles. The first-order valence-corrected chi connectivity index (χ1v) is 7.87. The molecule has 0 aliphatic heterocycles. The molecule has 4 aromatic rings. The lowest BCUT2D eigenvalue weighted by Gasteiger charge is -2.01. The van der Waals surface area contributed by atoms with Gasteiger partial charge in [0.1, 0.15) is 10.0 Å². The van der Waals surface area contributed by atoms with Crippen LogP contribution in [-0.2, 0) is 0 Å². The minimum Gasteiger partial charge on any atom is -0.256 e. The third kappa shape index (κ3) is 2.27. The van der Waals surface area contributed by atoms with Gasteiger partial charge in [-0.1, -0.05) is 59.4 Å². The van der Waals surface area contributed by atoms with E-state index in [1.54, 1.807) is 11.3 Å². The smallest absolute Gasteiger partial charge is 0.148 e. The molecule has 0 saturated heterocycles. The Hall–Kier alpha value is -2.59. The van der Waals surface area contributed by atoms with E-state index in [0.717, 1.165) is 32.0 Å². The van der Waals surface area contributed by atoms with Crippen LogP contribution in [0.4, 0.5) is 0 Å². The van der Waals surface area contributed by atoms with Gasteiger partial charge in [0.2, 0.25) is 0 Å². The standard InChI is InChI=1S/C18H13N3S/c1-12-7-9-13(10-8-12)17-20-21-18(22-17)15-4-2-6-16-14(15)5-3-11-19-16/h2-11H,1H3. The van der Waals surface area contributed by atoms with Gasteiger partial charge in [0, 0.05) is 22.7 Å². The highest BCUT2D eigenvalue weighted by molar-refractivity contribution is 7.18. The van der Waals surface area contributed by atoms with Crippen LogP contribution in [0.5, 0.6) is 0 Å². The molecule has 4 heteroatoms. The monoisotopic (exact) mass is 303 g/mol. The maximum absolute atomic E-state index is 4.40. The average Bonchev–Trinajstić information content (AvgIpc) is 3.05. The molecule has 0 bridgehead atoms. The lowest BCUT2D eigenvalue weighted by molar-refractivity contribution is 1.10. The lowest BCUT2D eigenvalue weighted by Crippen LogP contribution is -1.82. The summed E-state index contributed by atoms with van der Waals surface area (Å²) in [6, 6.07) is 18.5. The largest absolute Gasteiger partial charge is 0.256 e. The molecule has 3 nitrogen and oxygen atoms in total. The van der Waals surface area contributed by atoms with Gasteiger partial charge in [-0.05, 0) is 19.1 Å². The van der Waals surface area contributed by atoms with Crippen LogP contribution >= 0.6 is 11.3 Å². The Morgan fingerprint density at radius 1 is 0.818 bits per heavy atom. The predicted octanol–water partition coefficient (Wildman–Crippen LogP) is 4.73. The average molecular weight is 303 g/mol. The summed E-state index contributed by atoms with van der Waals surface area (Å²) in [6.07, 6.45) is 1.81. The number of aromatic nitrogens is 3. The molecule has 106 valence electrons. The van der Waals surface area contributed by atoms with Crippen molar-refractivity contribution in [2.24, 2.45) is 0 Å². The molecule has 0 N–H and O–H groups in total. The summed E-state index contributed by atoms with van der Waals surface area (Å²) in [7, 11) is 0. The number of nitrogens with zero attached hydrogens (tertiary/aromatic N) is 3. The molecule has 0 fully saturated rings. The van der Waals surface area contributed by atoms with Gasteiger partial charge in [0.25, 0.3) is 0 Å². The zero-order chi connectivity index (χ0) is 14.9. The van der Waals surface area contributed by atoms with Crippen LogP contribution in [0.3, 0.4) is 0 Å². The molecule has 2 aromatic heterocycles. The number of fused-ring (bicyclic) bond motifs is 1. The van der Waals surface area contributed by atoms with Gasteiger partial charge < -0.3 is 0 Å². The first-order chi connectivity index (χ1) is 10.8. The predicted molar refractivity (Wildman–Crippen MR) is 90.8 cm³/mol. The van der Waals surface area contributed by atoms with Crippen LogP contribution in [0.2, 0.25) is 0 Å². The Morgan fingerprint density at radius 3 is 2.50 bits per heavy atom. The van der Waals surface area contributed by atoms with Crippen LogP contribution in [-0.4, -0.2) is 15.2 Å². The third-order valence-corrected chi connectivity index (χ3v) is 4.61. The first kappa shape index (κ1) is 13.1. The van der Waals surface area contributed by atoms with E-state index in [2.05, 4.69) is 58.5 Å². The maximum atomic E-state index is 4.40. The van der Waals surface area contributed by atoms with Crippen molar-refractivity contribution < 1.29 is 0 Å². The normalized spacial score (nSPS) is 11.0. The highest BCUT2D eigenvalue weighted by Crippen LogP contribution is 2.33. The molecule has 0 spiro atoms. The zero-order valence-corrected chi connectivity index (χ0v) is 12.8. The molecular weight excluding hydrogens is 290 g/mol. The van der Waals surface area contributed by atoms with Gasteiger partial charge in [-0.25, -0.2) is 0 Å². The second-order valence-corrected chi connectivity index (χ2v) is 6.13. The summed E-state index contributed by atoms with van der Waals surface area (Å²) < 4.78 is 0. The molecule has 0 amide bonds. The van der Waals surface area contributed by atoms with Crippen molar-refractivity contribution in [2.45, 2.75) is 6.92 Å². The minimum absolute atomic E-state index is 0.925. The van der Waals surface area contributed by atoms with Crippen molar-refractivity contribution >= 4 is 22.2 Å². The summed E-state index contributed by atoms with van der Waals surface area (Å²) in [5.74, 6) is 0. The van der Waals surface area contributed by atoms with Crippen molar-refractivity contribution in [3.8, 4) is 21.1 Å². The fourth-order valence-corrected chi connectivity index (χ4v) is 3.32. The van der Waals surface area contributed by atoms with Gasteiger partial charge >= 0.3 is 0 Å². The second kappa shape index (κ2) is 5.31. The molecule has 0 aliphatic carbocycles. The Balaban J connectivity index is 1.82. The van der Waals surface area contributed by atoms with Gasteiger partial charge in [-0.2, -0.15) is 0 Å². The van der Waals surface area contributed by atoms with Crippen molar-refractivity contribution in [3.63, 3.8) is 0 Å². The molecule has 0 aliphatic rings. The summed E-state index contributed by atoms with van der Waals surface area (Å²) in [6.45, 7) is 2.08. The Morgan fingerprint density at radius 2 is 1.64 bits per heavy atom. The van der Waals surface area contributed by atoms with Gasteiger partial charge in [0.15, 0.2) is 0 Å². The molecule has 0 radical (unpaired) electrons. The summed E-state index contributed by atoms with van der Waals surface area (Å²) in [4.78, 5) is 4.40. The lowest BCUT2D eigenvalue weighted by atomic mass is 10.1. The molecule has 2 heterocycles. The van der Waals surface area contributed by atoms with Crippen LogP contribution in [0.15, 0.2) is 60.8 Å². The summed E-state index contributed by atoms with van der Waals surface area (Å²) in [5, 5.41) is 11.7. The highest BCUT2D eigenvalue weighted by Gasteiger charge is 2.11. The SMILES string of the molecule is Cc1ccc(-c2nnc(-c3cccc4ncccc34)s2)cc1. The zero-order valence-electron chi connectivity index (χ0n) is 12.0. The van der Waals surface area contributed by atoms with E-state index in [1.165, 1.54) is 5.56 Å². The molecular formula is C18H13N3S. The number of benzene rings is 2. The van der Waals surface area contributed by atoms with Crippen LogP contribution in [0, 0.1) is 6.92 Å².